The highest BCUT2D eigenvalue weighted by Gasteiger charge is 2.13. The number of rotatable bonds is 4. The van der Waals surface area contributed by atoms with Crippen LogP contribution in [0, 0.1) is 11.3 Å². The van der Waals surface area contributed by atoms with Crippen LogP contribution in [0.1, 0.15) is 5.56 Å². The average molecular weight is 358 g/mol. The van der Waals surface area contributed by atoms with Crippen molar-refractivity contribution in [3.8, 4) is 29.3 Å². The predicted molar refractivity (Wildman–Crippen MR) is 89.8 cm³/mol. The third-order valence-corrected chi connectivity index (χ3v) is 3.38. The summed E-state index contributed by atoms with van der Waals surface area (Å²) in [5.74, 6) is 1.27. The minimum absolute atomic E-state index is 0.228. The van der Waals surface area contributed by atoms with Gasteiger partial charge in [-0.3, -0.25) is 0 Å². The van der Waals surface area contributed by atoms with Crippen LogP contribution in [-0.4, -0.2) is 9.97 Å². The van der Waals surface area contributed by atoms with E-state index < -0.39 is 0 Å². The Bertz CT molecular complexity index is 825. The molecule has 1 aromatic carbocycles. The molecule has 0 amide bonds. The molecule has 0 fully saturated rings. The van der Waals surface area contributed by atoms with Gasteiger partial charge in [0.1, 0.15) is 11.6 Å². The molecule has 24 heavy (non-hydrogen) atoms. The van der Waals surface area contributed by atoms with Gasteiger partial charge in [0.05, 0.1) is 10.0 Å². The van der Waals surface area contributed by atoms with Gasteiger partial charge in [-0.25, -0.2) is 9.97 Å². The molecule has 0 aliphatic carbocycles. The van der Waals surface area contributed by atoms with E-state index in [1.54, 1.807) is 42.5 Å². The maximum absolute atomic E-state index is 9.45. The summed E-state index contributed by atoms with van der Waals surface area (Å²) in [7, 11) is 0. The summed E-state index contributed by atoms with van der Waals surface area (Å²) in [6.45, 7) is 0. The first-order valence-electron chi connectivity index (χ1n) is 6.77. The van der Waals surface area contributed by atoms with E-state index in [9.17, 15) is 5.26 Å². The van der Waals surface area contributed by atoms with Gasteiger partial charge >= 0.3 is 0 Å². The third-order valence-electron chi connectivity index (χ3n) is 2.93. The molecule has 0 bridgehead atoms. The van der Waals surface area contributed by atoms with E-state index in [1.165, 1.54) is 12.4 Å². The molecule has 0 unspecified atom stereocenters. The van der Waals surface area contributed by atoms with Gasteiger partial charge in [0.2, 0.25) is 11.8 Å². The van der Waals surface area contributed by atoms with Crippen molar-refractivity contribution < 1.29 is 9.47 Å². The smallest absolute Gasteiger partial charge is 0.219 e. The Balaban J connectivity index is 1.89. The molecule has 0 spiro atoms. The van der Waals surface area contributed by atoms with Crippen molar-refractivity contribution in [1.29, 1.82) is 5.26 Å². The van der Waals surface area contributed by atoms with Gasteiger partial charge in [0.15, 0.2) is 11.5 Å². The highest BCUT2D eigenvalue weighted by molar-refractivity contribution is 6.30. The quantitative estimate of drug-likeness (QED) is 0.638. The Labute approximate surface area is 148 Å². The molecule has 0 saturated carbocycles. The summed E-state index contributed by atoms with van der Waals surface area (Å²) in [6, 6.07) is 13.6. The second-order valence-electron chi connectivity index (χ2n) is 4.57. The molecule has 118 valence electrons. The van der Waals surface area contributed by atoms with Gasteiger partial charge in [-0.05, 0) is 24.3 Å². The first kappa shape index (κ1) is 16.1. The molecule has 0 radical (unpaired) electrons. The fourth-order valence-corrected chi connectivity index (χ4v) is 2.09. The Hall–Kier alpha value is -2.81. The first-order valence-corrected chi connectivity index (χ1v) is 7.53. The van der Waals surface area contributed by atoms with Crippen LogP contribution in [0.25, 0.3) is 0 Å². The van der Waals surface area contributed by atoms with Crippen LogP contribution in [-0.2, 0) is 0 Å². The van der Waals surface area contributed by atoms with Crippen LogP contribution >= 0.6 is 23.2 Å². The zero-order chi connectivity index (χ0) is 16.9. The fourth-order valence-electron chi connectivity index (χ4n) is 1.86. The summed E-state index contributed by atoms with van der Waals surface area (Å²) in [5, 5.41) is 10.4. The number of hydrogen-bond acceptors (Lipinski definition) is 5. The zero-order valence-electron chi connectivity index (χ0n) is 12.1. The fraction of sp³-hybridized carbons (Fsp3) is 0. The van der Waals surface area contributed by atoms with Crippen LogP contribution < -0.4 is 9.47 Å². The third kappa shape index (κ3) is 3.74. The lowest BCUT2D eigenvalue weighted by Gasteiger charge is -2.10. The van der Waals surface area contributed by atoms with Gasteiger partial charge in [0.25, 0.3) is 0 Å². The summed E-state index contributed by atoms with van der Waals surface area (Å²) < 4.78 is 11.3. The monoisotopic (exact) mass is 357 g/mol. The van der Waals surface area contributed by atoms with Gasteiger partial charge in [-0.2, -0.15) is 5.26 Å². The number of aromatic nitrogens is 2. The number of ether oxygens (including phenoxy) is 2. The van der Waals surface area contributed by atoms with Crippen molar-refractivity contribution in [2.45, 2.75) is 0 Å². The van der Waals surface area contributed by atoms with Crippen LogP contribution in [0.2, 0.25) is 10.0 Å². The summed E-state index contributed by atoms with van der Waals surface area (Å²) in [5.41, 5.74) is 0.228. The number of hydrogen-bond donors (Lipinski definition) is 0. The minimum atomic E-state index is 0.228. The molecule has 0 N–H and O–H groups in total. The number of halogens is 2. The molecule has 0 saturated heterocycles. The van der Waals surface area contributed by atoms with E-state index in [4.69, 9.17) is 32.7 Å². The molecule has 7 heteroatoms. The lowest BCUT2D eigenvalue weighted by molar-refractivity contribution is 0.439. The van der Waals surface area contributed by atoms with Gasteiger partial charge in [-0.15, -0.1) is 0 Å². The van der Waals surface area contributed by atoms with E-state index in [-0.39, 0.29) is 5.56 Å². The minimum Gasteiger partial charge on any atom is -0.438 e. The van der Waals surface area contributed by atoms with Gasteiger partial charge in [0, 0.05) is 24.5 Å². The largest absolute Gasteiger partial charge is 0.438 e. The van der Waals surface area contributed by atoms with Gasteiger partial charge < -0.3 is 9.47 Å². The number of nitrogens with zero attached hydrogens (tertiary/aromatic N) is 3. The standard InChI is InChI=1S/C17H9Cl2N3O2/c18-11-4-6-16(21-9-11)23-14-2-1-3-15(13(14)8-20)24-17-7-5-12(19)10-22-17/h1-7,9-10H. The van der Waals surface area contributed by atoms with Gasteiger partial charge in [-0.1, -0.05) is 29.3 Å². The molecule has 0 aliphatic rings. The lowest BCUT2D eigenvalue weighted by atomic mass is 10.2. The normalized spacial score (nSPS) is 10.0. The zero-order valence-corrected chi connectivity index (χ0v) is 13.6. The number of benzene rings is 1. The maximum Gasteiger partial charge on any atom is 0.219 e. The first-order chi connectivity index (χ1) is 11.7. The SMILES string of the molecule is N#Cc1c(Oc2ccc(Cl)cn2)cccc1Oc1ccc(Cl)cn1. The van der Waals surface area contributed by atoms with Crippen LogP contribution in [0.3, 0.4) is 0 Å². The van der Waals surface area contributed by atoms with Crippen LogP contribution in [0.5, 0.6) is 23.3 Å². The second kappa shape index (κ2) is 7.18. The van der Waals surface area contributed by atoms with Crippen molar-refractivity contribution >= 4 is 23.2 Å². The van der Waals surface area contributed by atoms with Crippen LogP contribution in [0.4, 0.5) is 0 Å². The van der Waals surface area contributed by atoms with E-state index in [0.717, 1.165) is 0 Å². The molecular weight excluding hydrogens is 349 g/mol. The number of nitriles is 1. The van der Waals surface area contributed by atoms with E-state index in [1.807, 2.05) is 0 Å². The predicted octanol–water partition coefficient (Wildman–Crippen LogP) is 5.24. The van der Waals surface area contributed by atoms with Crippen molar-refractivity contribution in [3.05, 3.63) is 70.5 Å². The highest BCUT2D eigenvalue weighted by atomic mass is 35.5. The van der Waals surface area contributed by atoms with Crippen molar-refractivity contribution in [3.63, 3.8) is 0 Å². The Morgan fingerprint density at radius 1 is 0.792 bits per heavy atom. The van der Waals surface area contributed by atoms with Crippen LogP contribution in [0.15, 0.2) is 54.9 Å². The Morgan fingerprint density at radius 2 is 1.29 bits per heavy atom. The Morgan fingerprint density at radius 3 is 1.67 bits per heavy atom. The second-order valence-corrected chi connectivity index (χ2v) is 5.45. The Kier molecular flexibility index (Phi) is 4.80. The van der Waals surface area contributed by atoms with E-state index in [2.05, 4.69) is 16.0 Å². The van der Waals surface area contributed by atoms with Crippen molar-refractivity contribution in [2.24, 2.45) is 0 Å². The molecular formula is C17H9Cl2N3O2. The maximum atomic E-state index is 9.45. The molecule has 2 heterocycles. The summed E-state index contributed by atoms with van der Waals surface area (Å²) in [4.78, 5) is 8.08. The molecule has 3 aromatic rings. The summed E-state index contributed by atoms with van der Waals surface area (Å²) in [6.07, 6.45) is 2.92. The average Bonchev–Trinajstić information content (AvgIpc) is 2.59. The topological polar surface area (TPSA) is 68.0 Å². The lowest BCUT2D eigenvalue weighted by Crippen LogP contribution is -1.95. The molecule has 5 nitrogen and oxygen atoms in total. The van der Waals surface area contributed by atoms with Crippen molar-refractivity contribution in [1.82, 2.24) is 9.97 Å². The molecule has 2 aromatic heterocycles. The van der Waals surface area contributed by atoms with E-state index in [0.29, 0.717) is 33.3 Å². The number of pyridine rings is 2. The highest BCUT2D eigenvalue weighted by Crippen LogP contribution is 2.33. The van der Waals surface area contributed by atoms with Crippen molar-refractivity contribution in [2.75, 3.05) is 0 Å². The van der Waals surface area contributed by atoms with E-state index >= 15 is 0 Å². The molecule has 0 atom stereocenters. The molecule has 0 aliphatic heterocycles. The molecule has 3 rings (SSSR count). The summed E-state index contributed by atoms with van der Waals surface area (Å²) >= 11 is 11.6.